The molecule has 0 saturated heterocycles. The van der Waals surface area contributed by atoms with Crippen LogP contribution >= 0.6 is 0 Å². The zero-order valence-corrected chi connectivity index (χ0v) is 19.3. The lowest BCUT2D eigenvalue weighted by Crippen LogP contribution is -2.12. The van der Waals surface area contributed by atoms with Gasteiger partial charge in [-0.15, -0.1) is 6.58 Å². The smallest absolute Gasteiger partial charge is 0.146 e. The van der Waals surface area contributed by atoms with Crippen LogP contribution in [-0.2, 0) is 6.42 Å². The highest BCUT2D eigenvalue weighted by Crippen LogP contribution is 2.40. The molecule has 0 spiro atoms. The van der Waals surface area contributed by atoms with Crippen molar-refractivity contribution in [2.24, 2.45) is 5.92 Å². The van der Waals surface area contributed by atoms with Crippen molar-refractivity contribution in [1.82, 2.24) is 25.1 Å². The third kappa shape index (κ3) is 5.08. The number of benzene rings is 1. The SMILES string of the molecule is C=CCC1CC(C)Cc2cncn[nH]c(c(-c3cnc(C)nc3)c2)Nc2c(F)ccc(C)c21. The van der Waals surface area contributed by atoms with Crippen LogP contribution in [0, 0.1) is 25.6 Å². The molecule has 7 heteroatoms. The minimum absolute atomic E-state index is 0.130. The van der Waals surface area contributed by atoms with Crippen LogP contribution in [0.2, 0.25) is 0 Å². The van der Waals surface area contributed by atoms with Crippen LogP contribution in [0.1, 0.15) is 48.2 Å². The van der Waals surface area contributed by atoms with Crippen LogP contribution in [0.15, 0.2) is 55.8 Å². The molecule has 1 aliphatic rings. The lowest BCUT2D eigenvalue weighted by Gasteiger charge is -2.25. The summed E-state index contributed by atoms with van der Waals surface area (Å²) in [6.07, 6.45) is 11.2. The molecule has 2 atom stereocenters. The third-order valence-corrected chi connectivity index (χ3v) is 6.03. The minimum atomic E-state index is -0.310. The first kappa shape index (κ1) is 22.6. The number of allylic oxidation sites excluding steroid dienone is 1. The molecule has 2 bridgehead atoms. The van der Waals surface area contributed by atoms with Crippen LogP contribution in [0.4, 0.5) is 15.9 Å². The zero-order chi connectivity index (χ0) is 23.4. The molecule has 3 heterocycles. The molecule has 0 aliphatic carbocycles. The van der Waals surface area contributed by atoms with Gasteiger partial charge in [0.2, 0.25) is 0 Å². The van der Waals surface area contributed by atoms with Crippen LogP contribution in [0.25, 0.3) is 11.1 Å². The Morgan fingerprint density at radius 2 is 1.97 bits per heavy atom. The summed E-state index contributed by atoms with van der Waals surface area (Å²) >= 11 is 0. The summed E-state index contributed by atoms with van der Waals surface area (Å²) in [6, 6.07) is 5.41. The van der Waals surface area contributed by atoms with E-state index in [1.54, 1.807) is 12.4 Å². The van der Waals surface area contributed by atoms with E-state index in [0.717, 1.165) is 47.1 Å². The number of halogens is 1. The van der Waals surface area contributed by atoms with Crippen molar-refractivity contribution < 1.29 is 4.39 Å². The lowest BCUT2D eigenvalue weighted by molar-refractivity contribution is 0.463. The Labute approximate surface area is 193 Å². The van der Waals surface area contributed by atoms with E-state index in [0.29, 0.717) is 23.2 Å². The number of fused-ring (bicyclic) bond motifs is 4. The van der Waals surface area contributed by atoms with Crippen molar-refractivity contribution in [2.75, 3.05) is 5.32 Å². The Bertz CT molecular complexity index is 1200. The molecule has 170 valence electrons. The van der Waals surface area contributed by atoms with E-state index >= 15 is 4.39 Å². The summed E-state index contributed by atoms with van der Waals surface area (Å²) in [5.74, 6) is 1.38. The first-order chi connectivity index (χ1) is 16.0. The van der Waals surface area contributed by atoms with E-state index in [4.69, 9.17) is 0 Å². The highest BCUT2D eigenvalue weighted by atomic mass is 19.1. The lowest BCUT2D eigenvalue weighted by atomic mass is 9.82. The molecule has 1 aromatic carbocycles. The number of anilines is 2. The summed E-state index contributed by atoms with van der Waals surface area (Å²) in [5.41, 5.74) is 5.10. The normalized spacial score (nSPS) is 17.3. The van der Waals surface area contributed by atoms with Crippen LogP contribution in [0.3, 0.4) is 0 Å². The van der Waals surface area contributed by atoms with E-state index < -0.39 is 0 Å². The first-order valence-corrected chi connectivity index (χ1v) is 11.2. The molecule has 2 aromatic heterocycles. The maximum atomic E-state index is 15.3. The van der Waals surface area contributed by atoms with Gasteiger partial charge in [0.1, 0.15) is 23.8 Å². The second-order valence-corrected chi connectivity index (χ2v) is 8.71. The molecule has 1 aliphatic heterocycles. The number of hydrogen-bond donors (Lipinski definition) is 2. The predicted octanol–water partition coefficient (Wildman–Crippen LogP) is 6.13. The van der Waals surface area contributed by atoms with Crippen LogP contribution in [-0.4, -0.2) is 25.1 Å². The Balaban J connectivity index is 2.04. The fourth-order valence-electron chi connectivity index (χ4n) is 4.56. The highest BCUT2D eigenvalue weighted by molar-refractivity contribution is 5.78. The van der Waals surface area contributed by atoms with Gasteiger partial charge < -0.3 is 5.32 Å². The van der Waals surface area contributed by atoms with Gasteiger partial charge in [-0.3, -0.25) is 5.10 Å². The van der Waals surface area contributed by atoms with Crippen LogP contribution in [0.5, 0.6) is 0 Å². The van der Waals surface area contributed by atoms with Crippen molar-refractivity contribution in [3.8, 4) is 11.1 Å². The maximum absolute atomic E-state index is 15.3. The molecule has 4 rings (SSSR count). The van der Waals surface area contributed by atoms with Crippen LogP contribution < -0.4 is 5.32 Å². The summed E-state index contributed by atoms with van der Waals surface area (Å²) in [5, 5.41) is 10.6. The molecule has 3 aromatic rings. The van der Waals surface area contributed by atoms with E-state index in [1.807, 2.05) is 32.2 Å². The summed E-state index contributed by atoms with van der Waals surface area (Å²) in [4.78, 5) is 13.1. The number of H-pyrrole nitrogens is 1. The summed E-state index contributed by atoms with van der Waals surface area (Å²) in [6.45, 7) is 10.1. The van der Waals surface area contributed by atoms with E-state index in [2.05, 4.69) is 50.0 Å². The largest absolute Gasteiger partial charge is 0.338 e. The molecule has 2 unspecified atom stereocenters. The number of aromatic nitrogens is 5. The van der Waals surface area contributed by atoms with Crippen molar-refractivity contribution in [3.63, 3.8) is 0 Å². The molecular formula is C26H29FN6. The topological polar surface area (TPSA) is 79.4 Å². The quantitative estimate of drug-likeness (QED) is 0.475. The first-order valence-electron chi connectivity index (χ1n) is 11.2. The molecule has 33 heavy (non-hydrogen) atoms. The summed E-state index contributed by atoms with van der Waals surface area (Å²) in [7, 11) is 0. The van der Waals surface area contributed by atoms with Gasteiger partial charge in [-0.2, -0.15) is 5.10 Å². The number of nitrogens with zero attached hydrogens (tertiary/aromatic N) is 4. The van der Waals surface area contributed by atoms with E-state index in [-0.39, 0.29) is 11.7 Å². The average molecular weight is 445 g/mol. The second-order valence-electron chi connectivity index (χ2n) is 8.71. The van der Waals surface area contributed by atoms with Gasteiger partial charge in [-0.05, 0) is 73.8 Å². The third-order valence-electron chi connectivity index (χ3n) is 6.03. The standard InChI is InChI=1S/C26H29FN6/c1-5-6-20-10-16(2)9-19-11-22(21-13-29-18(4)30-14-21)26(33-31-15-28-12-19)32-25-23(27)8-7-17(3)24(20)25/h5,7-8,11-16,20,32-33H,1,6,9-10H2,2-4H3. The zero-order valence-electron chi connectivity index (χ0n) is 19.3. The van der Waals surface area contributed by atoms with Gasteiger partial charge in [-0.25, -0.2) is 19.3 Å². The van der Waals surface area contributed by atoms with Gasteiger partial charge in [0.15, 0.2) is 0 Å². The number of aromatic amines is 1. The van der Waals surface area contributed by atoms with Gasteiger partial charge in [0.05, 0.1) is 5.69 Å². The van der Waals surface area contributed by atoms with Crippen molar-refractivity contribution in [1.29, 1.82) is 0 Å². The summed E-state index contributed by atoms with van der Waals surface area (Å²) < 4.78 is 15.3. The van der Waals surface area contributed by atoms with Gasteiger partial charge >= 0.3 is 0 Å². The van der Waals surface area contributed by atoms with Gasteiger partial charge in [0, 0.05) is 29.7 Å². The predicted molar refractivity (Wildman–Crippen MR) is 129 cm³/mol. The molecule has 0 amide bonds. The fourth-order valence-corrected chi connectivity index (χ4v) is 4.56. The van der Waals surface area contributed by atoms with Crippen molar-refractivity contribution >= 4 is 11.5 Å². The van der Waals surface area contributed by atoms with E-state index in [9.17, 15) is 0 Å². The molecular weight excluding hydrogens is 415 g/mol. The minimum Gasteiger partial charge on any atom is -0.338 e. The highest BCUT2D eigenvalue weighted by Gasteiger charge is 2.24. The van der Waals surface area contributed by atoms with Crippen molar-refractivity contribution in [2.45, 2.75) is 46.0 Å². The van der Waals surface area contributed by atoms with E-state index in [1.165, 1.54) is 12.4 Å². The Kier molecular flexibility index (Phi) is 6.77. The Morgan fingerprint density at radius 3 is 2.73 bits per heavy atom. The Hall–Kier alpha value is -3.61. The number of hydrogen-bond acceptors (Lipinski definition) is 5. The molecule has 6 nitrogen and oxygen atoms in total. The second kappa shape index (κ2) is 9.90. The monoisotopic (exact) mass is 444 g/mol. The molecule has 0 fully saturated rings. The molecule has 0 radical (unpaired) electrons. The molecule has 2 N–H and O–H groups in total. The maximum Gasteiger partial charge on any atom is 0.146 e. The average Bonchev–Trinajstić information content (AvgIpc) is 2.86. The molecule has 0 saturated carbocycles. The fraction of sp³-hybridized carbons (Fsp3) is 0.308. The number of rotatable bonds is 3. The number of nitrogens with one attached hydrogen (secondary N) is 2. The number of aryl methyl sites for hydroxylation is 2. The van der Waals surface area contributed by atoms with Crippen molar-refractivity contribution in [3.05, 3.63) is 84.1 Å². The van der Waals surface area contributed by atoms with Gasteiger partial charge in [-0.1, -0.05) is 19.1 Å². The Morgan fingerprint density at radius 1 is 1.18 bits per heavy atom. The van der Waals surface area contributed by atoms with Gasteiger partial charge in [0.25, 0.3) is 0 Å².